The molecule has 0 unspecified atom stereocenters. The van der Waals surface area contributed by atoms with Crippen LogP contribution < -0.4 is 5.32 Å². The molecule has 0 aliphatic heterocycles. The van der Waals surface area contributed by atoms with Gasteiger partial charge in [0.05, 0.1) is 0 Å². The molecule has 1 fully saturated rings. The zero-order valence-corrected chi connectivity index (χ0v) is 11.2. The van der Waals surface area contributed by atoms with E-state index in [0.29, 0.717) is 29.8 Å². The fourth-order valence-corrected chi connectivity index (χ4v) is 2.31. The molecule has 0 atom stereocenters. The van der Waals surface area contributed by atoms with Crippen LogP contribution in [0.3, 0.4) is 0 Å². The van der Waals surface area contributed by atoms with Crippen LogP contribution in [-0.4, -0.2) is 27.5 Å². The molecule has 2 N–H and O–H groups in total. The number of benzene rings is 1. The van der Waals surface area contributed by atoms with E-state index < -0.39 is 17.4 Å². The highest BCUT2D eigenvalue weighted by Crippen LogP contribution is 2.32. The van der Waals surface area contributed by atoms with Crippen LogP contribution in [0.15, 0.2) is 34.8 Å². The van der Waals surface area contributed by atoms with Gasteiger partial charge in [-0.1, -0.05) is 12.1 Å². The predicted molar refractivity (Wildman–Crippen MR) is 75.4 cm³/mol. The van der Waals surface area contributed by atoms with Gasteiger partial charge in [0.15, 0.2) is 5.58 Å². The molecule has 0 bridgehead atoms. The number of rotatable bonds is 4. The molecule has 1 aliphatic carbocycles. The maximum atomic E-state index is 11.8. The van der Waals surface area contributed by atoms with Crippen LogP contribution >= 0.6 is 0 Å². The number of hydrogen-bond acceptors (Lipinski definition) is 4. The minimum Gasteiger partial charge on any atom is -0.480 e. The molecule has 1 aliphatic rings. The Kier molecular flexibility index (Phi) is 3.21. The minimum atomic E-state index is -1.11. The molecule has 1 heterocycles. The maximum absolute atomic E-state index is 11.8. The van der Waals surface area contributed by atoms with Crippen molar-refractivity contribution in [2.24, 2.45) is 0 Å². The largest absolute Gasteiger partial charge is 0.480 e. The van der Waals surface area contributed by atoms with Gasteiger partial charge in [-0.15, -0.1) is 0 Å². The third kappa shape index (κ3) is 2.52. The first kappa shape index (κ1) is 13.4. The van der Waals surface area contributed by atoms with Gasteiger partial charge in [0.25, 0.3) is 0 Å². The Bertz CT molecular complexity index is 695. The smallest absolute Gasteiger partial charge is 0.329 e. The van der Waals surface area contributed by atoms with Crippen molar-refractivity contribution in [2.75, 3.05) is 0 Å². The molecule has 6 heteroatoms. The van der Waals surface area contributed by atoms with Crippen LogP contribution in [0.25, 0.3) is 17.2 Å². The molecular weight excluding hydrogens is 272 g/mol. The Balaban J connectivity index is 1.70. The molecule has 0 radical (unpaired) electrons. The van der Waals surface area contributed by atoms with Crippen LogP contribution in [-0.2, 0) is 9.59 Å². The highest BCUT2D eigenvalue weighted by molar-refractivity contribution is 5.96. The predicted octanol–water partition coefficient (Wildman–Crippen LogP) is 1.96. The summed E-state index contributed by atoms with van der Waals surface area (Å²) >= 11 is 0. The third-order valence-corrected chi connectivity index (χ3v) is 3.67. The monoisotopic (exact) mass is 286 g/mol. The second kappa shape index (κ2) is 5.05. The lowest BCUT2D eigenvalue weighted by Gasteiger charge is -2.37. The van der Waals surface area contributed by atoms with Crippen LogP contribution in [0, 0.1) is 0 Å². The second-order valence-electron chi connectivity index (χ2n) is 5.08. The Hall–Kier alpha value is -2.63. The van der Waals surface area contributed by atoms with Crippen LogP contribution in [0.4, 0.5) is 0 Å². The Morgan fingerprint density at radius 3 is 2.71 bits per heavy atom. The molecule has 108 valence electrons. The Morgan fingerprint density at radius 1 is 1.33 bits per heavy atom. The molecule has 1 aromatic carbocycles. The van der Waals surface area contributed by atoms with Gasteiger partial charge in [-0.05, 0) is 31.4 Å². The first-order chi connectivity index (χ1) is 10.1. The summed E-state index contributed by atoms with van der Waals surface area (Å²) in [5, 5.41) is 11.7. The number of oxazole rings is 1. The van der Waals surface area contributed by atoms with E-state index in [-0.39, 0.29) is 0 Å². The van der Waals surface area contributed by atoms with E-state index in [4.69, 9.17) is 9.52 Å². The van der Waals surface area contributed by atoms with Crippen molar-refractivity contribution in [1.82, 2.24) is 10.3 Å². The lowest BCUT2D eigenvalue weighted by molar-refractivity contribution is -0.151. The lowest BCUT2D eigenvalue weighted by Crippen LogP contribution is -2.58. The quantitative estimate of drug-likeness (QED) is 0.838. The van der Waals surface area contributed by atoms with E-state index in [1.165, 1.54) is 12.2 Å². The first-order valence-electron chi connectivity index (χ1n) is 6.68. The molecule has 1 saturated carbocycles. The molecule has 1 aromatic heterocycles. The summed E-state index contributed by atoms with van der Waals surface area (Å²) in [7, 11) is 0. The third-order valence-electron chi connectivity index (χ3n) is 3.67. The summed E-state index contributed by atoms with van der Waals surface area (Å²) in [5.41, 5.74) is 0.236. The normalized spacial score (nSPS) is 16.8. The molecule has 2 aromatic rings. The van der Waals surface area contributed by atoms with Gasteiger partial charge in [0.2, 0.25) is 11.8 Å². The average molecular weight is 286 g/mol. The van der Waals surface area contributed by atoms with E-state index >= 15 is 0 Å². The van der Waals surface area contributed by atoms with Crippen molar-refractivity contribution < 1.29 is 19.1 Å². The van der Waals surface area contributed by atoms with E-state index in [0.717, 1.165) is 6.42 Å². The van der Waals surface area contributed by atoms with Gasteiger partial charge in [-0.3, -0.25) is 4.79 Å². The van der Waals surface area contributed by atoms with Crippen LogP contribution in [0.5, 0.6) is 0 Å². The number of carboxylic acid groups (broad SMARTS) is 1. The van der Waals surface area contributed by atoms with Crippen molar-refractivity contribution in [2.45, 2.75) is 24.8 Å². The molecule has 0 spiro atoms. The fourth-order valence-electron chi connectivity index (χ4n) is 2.31. The SMILES string of the molecule is O=C(/C=C/c1nc2ccccc2o1)NC1(C(=O)O)CCC1. The summed E-state index contributed by atoms with van der Waals surface area (Å²) in [6.07, 6.45) is 4.41. The molecule has 0 saturated heterocycles. The van der Waals surface area contributed by atoms with Crippen molar-refractivity contribution in [3.8, 4) is 0 Å². The molecule has 3 rings (SSSR count). The summed E-state index contributed by atoms with van der Waals surface area (Å²) in [6, 6.07) is 7.27. The topological polar surface area (TPSA) is 92.4 Å². The molecular formula is C15H14N2O4. The van der Waals surface area contributed by atoms with E-state index in [1.54, 1.807) is 6.07 Å². The summed E-state index contributed by atoms with van der Waals surface area (Å²) in [4.78, 5) is 27.2. The number of amides is 1. The Morgan fingerprint density at radius 2 is 2.10 bits per heavy atom. The number of nitrogens with one attached hydrogen (secondary N) is 1. The highest BCUT2D eigenvalue weighted by atomic mass is 16.4. The van der Waals surface area contributed by atoms with Gasteiger partial charge in [-0.25, -0.2) is 9.78 Å². The fraction of sp³-hybridized carbons (Fsp3) is 0.267. The number of aliphatic carboxylic acids is 1. The first-order valence-corrected chi connectivity index (χ1v) is 6.68. The number of hydrogen-bond donors (Lipinski definition) is 2. The zero-order valence-electron chi connectivity index (χ0n) is 11.2. The van der Waals surface area contributed by atoms with Gasteiger partial charge in [-0.2, -0.15) is 0 Å². The van der Waals surface area contributed by atoms with E-state index in [9.17, 15) is 9.59 Å². The Labute approximate surface area is 120 Å². The number of carboxylic acids is 1. The number of fused-ring (bicyclic) bond motifs is 1. The summed E-state index contributed by atoms with van der Waals surface area (Å²) in [5.74, 6) is -1.14. The van der Waals surface area contributed by atoms with Crippen molar-refractivity contribution in [3.63, 3.8) is 0 Å². The summed E-state index contributed by atoms with van der Waals surface area (Å²) < 4.78 is 5.44. The van der Waals surface area contributed by atoms with E-state index in [2.05, 4.69) is 10.3 Å². The number of carbonyl (C=O) groups is 2. The lowest BCUT2D eigenvalue weighted by atomic mass is 9.77. The van der Waals surface area contributed by atoms with Gasteiger partial charge < -0.3 is 14.8 Å². The second-order valence-corrected chi connectivity index (χ2v) is 5.08. The van der Waals surface area contributed by atoms with Gasteiger partial charge in [0.1, 0.15) is 11.1 Å². The van der Waals surface area contributed by atoms with Crippen molar-refractivity contribution in [1.29, 1.82) is 0 Å². The van der Waals surface area contributed by atoms with E-state index in [1.807, 2.05) is 18.2 Å². The number of nitrogens with zero attached hydrogens (tertiary/aromatic N) is 1. The number of para-hydroxylation sites is 2. The average Bonchev–Trinajstić information content (AvgIpc) is 2.83. The van der Waals surface area contributed by atoms with Gasteiger partial charge >= 0.3 is 5.97 Å². The molecule has 6 nitrogen and oxygen atoms in total. The zero-order chi connectivity index (χ0) is 14.9. The number of aromatic nitrogens is 1. The van der Waals surface area contributed by atoms with Crippen LogP contribution in [0.1, 0.15) is 25.2 Å². The maximum Gasteiger partial charge on any atom is 0.329 e. The van der Waals surface area contributed by atoms with Gasteiger partial charge in [0, 0.05) is 12.2 Å². The summed E-state index contributed by atoms with van der Waals surface area (Å²) in [6.45, 7) is 0. The molecule has 1 amide bonds. The standard InChI is InChI=1S/C15H14N2O4/c18-12(17-15(14(19)20)8-3-9-15)6-7-13-16-10-4-1-2-5-11(10)21-13/h1-2,4-7H,3,8-9H2,(H,17,18)(H,19,20)/b7-6+. The van der Waals surface area contributed by atoms with Crippen LogP contribution in [0.2, 0.25) is 0 Å². The molecule has 21 heavy (non-hydrogen) atoms. The minimum absolute atomic E-state index is 0.310. The number of carbonyl (C=O) groups excluding carboxylic acids is 1. The van der Waals surface area contributed by atoms with Crippen molar-refractivity contribution in [3.05, 3.63) is 36.2 Å². The highest BCUT2D eigenvalue weighted by Gasteiger charge is 2.45. The van der Waals surface area contributed by atoms with Crippen molar-refractivity contribution >= 4 is 29.1 Å².